The van der Waals surface area contributed by atoms with E-state index in [2.05, 4.69) is 10.2 Å². The van der Waals surface area contributed by atoms with Gasteiger partial charge in [-0.1, -0.05) is 0 Å². The van der Waals surface area contributed by atoms with Crippen molar-refractivity contribution in [2.24, 2.45) is 0 Å². The van der Waals surface area contributed by atoms with E-state index in [1.807, 2.05) is 0 Å². The molecule has 3 nitrogen and oxygen atoms in total. The van der Waals surface area contributed by atoms with E-state index in [0.29, 0.717) is 0 Å². The summed E-state index contributed by atoms with van der Waals surface area (Å²) in [7, 11) is 1.81. The van der Waals surface area contributed by atoms with Crippen molar-refractivity contribution in [1.29, 1.82) is 0 Å². The first-order chi connectivity index (χ1) is 4.43. The van der Waals surface area contributed by atoms with E-state index in [-0.39, 0.29) is 8.22 Å². The van der Waals surface area contributed by atoms with Crippen LogP contribution in [-0.2, 0) is 4.74 Å². The monoisotopic (exact) mass is 148 g/mol. The molecular formula is C5H13N2OP. The Morgan fingerprint density at radius 3 is 3.11 bits per heavy atom. The van der Waals surface area contributed by atoms with E-state index in [4.69, 9.17) is 4.74 Å². The molecule has 0 aromatic carbocycles. The van der Waals surface area contributed by atoms with Crippen LogP contribution < -0.4 is 10.2 Å². The van der Waals surface area contributed by atoms with Crippen molar-refractivity contribution in [2.75, 3.05) is 26.5 Å². The van der Waals surface area contributed by atoms with Gasteiger partial charge in [0.2, 0.25) is 0 Å². The average Bonchev–Trinajstić information content (AvgIpc) is 2.63. The van der Waals surface area contributed by atoms with Crippen LogP contribution in [0.15, 0.2) is 0 Å². The summed E-state index contributed by atoms with van der Waals surface area (Å²) >= 11 is 0. The summed E-state index contributed by atoms with van der Waals surface area (Å²) in [5.41, 5.74) is 0. The van der Waals surface area contributed by atoms with Gasteiger partial charge in [-0.3, -0.25) is 10.2 Å². The lowest BCUT2D eigenvalue weighted by Gasteiger charge is -1.98. The van der Waals surface area contributed by atoms with Crippen molar-refractivity contribution in [1.82, 2.24) is 10.2 Å². The Kier molecular flexibility index (Phi) is 3.44. The van der Waals surface area contributed by atoms with Crippen LogP contribution in [0.25, 0.3) is 0 Å². The highest BCUT2D eigenvalue weighted by atomic mass is 31.1. The fourth-order valence-electron chi connectivity index (χ4n) is 0.578. The normalized spacial score (nSPS) is 24.3. The first-order valence-electron chi connectivity index (χ1n) is 3.17. The molecule has 1 atom stereocenters. The van der Waals surface area contributed by atoms with Crippen LogP contribution in [0.3, 0.4) is 0 Å². The van der Waals surface area contributed by atoms with Gasteiger partial charge in [0.15, 0.2) is 0 Å². The SMILES string of the molecule is COCCCNP1CN1. The highest BCUT2D eigenvalue weighted by molar-refractivity contribution is 7.60. The Labute approximate surface area is 57.0 Å². The fourth-order valence-corrected chi connectivity index (χ4v) is 1.51. The quantitative estimate of drug-likeness (QED) is 0.338. The minimum Gasteiger partial charge on any atom is -0.385 e. The third kappa shape index (κ3) is 3.82. The minimum absolute atomic E-state index is 0.0774. The van der Waals surface area contributed by atoms with E-state index in [1.54, 1.807) is 7.11 Å². The molecule has 0 aromatic rings. The third-order valence-corrected chi connectivity index (χ3v) is 2.38. The fraction of sp³-hybridized carbons (Fsp3) is 1.00. The molecule has 2 N–H and O–H groups in total. The van der Waals surface area contributed by atoms with E-state index in [1.165, 1.54) is 6.29 Å². The molecule has 1 heterocycles. The lowest BCUT2D eigenvalue weighted by atomic mass is 10.5. The first kappa shape index (κ1) is 7.42. The molecule has 1 rings (SSSR count). The number of ether oxygens (including phenoxy) is 1. The first-order valence-corrected chi connectivity index (χ1v) is 4.69. The van der Waals surface area contributed by atoms with Crippen LogP contribution in [0, 0.1) is 0 Å². The molecule has 0 spiro atoms. The molecule has 1 unspecified atom stereocenters. The van der Waals surface area contributed by atoms with Gasteiger partial charge in [-0.2, -0.15) is 0 Å². The van der Waals surface area contributed by atoms with Gasteiger partial charge < -0.3 is 4.74 Å². The van der Waals surface area contributed by atoms with Gasteiger partial charge in [0.25, 0.3) is 0 Å². The molecule has 9 heavy (non-hydrogen) atoms. The Morgan fingerprint density at radius 2 is 2.56 bits per heavy atom. The van der Waals surface area contributed by atoms with Crippen molar-refractivity contribution in [3.8, 4) is 0 Å². The topological polar surface area (TPSA) is 43.2 Å². The summed E-state index contributed by atoms with van der Waals surface area (Å²) in [5, 5.41) is 6.59. The molecule has 0 bridgehead atoms. The van der Waals surface area contributed by atoms with Gasteiger partial charge in [-0.15, -0.1) is 0 Å². The van der Waals surface area contributed by atoms with Crippen molar-refractivity contribution in [3.63, 3.8) is 0 Å². The molecule has 4 heteroatoms. The molecule has 0 aromatic heterocycles. The van der Waals surface area contributed by atoms with E-state index >= 15 is 0 Å². The summed E-state index contributed by atoms with van der Waals surface area (Å²) in [5.74, 6) is 0. The molecule has 1 aliphatic rings. The van der Waals surface area contributed by atoms with Crippen molar-refractivity contribution in [2.45, 2.75) is 6.42 Å². The predicted molar refractivity (Wildman–Crippen MR) is 39.4 cm³/mol. The molecule has 1 saturated heterocycles. The van der Waals surface area contributed by atoms with Crippen LogP contribution in [0.1, 0.15) is 6.42 Å². The summed E-state index contributed by atoms with van der Waals surface area (Å²) in [6.07, 6.45) is 2.32. The van der Waals surface area contributed by atoms with Gasteiger partial charge in [0.05, 0.1) is 0 Å². The average molecular weight is 148 g/mol. The molecular weight excluding hydrogens is 135 g/mol. The summed E-state index contributed by atoms with van der Waals surface area (Å²) in [6, 6.07) is 0. The number of rotatable bonds is 5. The molecule has 0 amide bonds. The highest BCUT2D eigenvalue weighted by Crippen LogP contribution is 2.36. The molecule has 0 saturated carbocycles. The third-order valence-electron chi connectivity index (χ3n) is 1.14. The van der Waals surface area contributed by atoms with Crippen LogP contribution in [-0.4, -0.2) is 26.5 Å². The number of hydrogen-bond donors (Lipinski definition) is 2. The standard InChI is InChI=1S/C5H13N2OP/c1-8-4-2-3-6-9-5-7-9/h6-7H,2-5H2,1H3. The Bertz CT molecular complexity index is 77.4. The van der Waals surface area contributed by atoms with Gasteiger partial charge in [0.1, 0.15) is 0 Å². The highest BCUT2D eigenvalue weighted by Gasteiger charge is 2.17. The van der Waals surface area contributed by atoms with Crippen LogP contribution in [0.5, 0.6) is 0 Å². The number of methoxy groups -OCH3 is 1. The zero-order chi connectivity index (χ0) is 6.53. The summed E-state index contributed by atoms with van der Waals surface area (Å²) in [6.45, 7) is 1.96. The van der Waals surface area contributed by atoms with E-state index in [0.717, 1.165) is 19.6 Å². The Balaban J connectivity index is 1.71. The molecule has 0 aliphatic carbocycles. The largest absolute Gasteiger partial charge is 0.385 e. The van der Waals surface area contributed by atoms with Crippen LogP contribution >= 0.6 is 8.22 Å². The summed E-state index contributed by atoms with van der Waals surface area (Å²) in [4.78, 5) is 0. The van der Waals surface area contributed by atoms with Crippen LogP contribution in [0.2, 0.25) is 0 Å². The Morgan fingerprint density at radius 1 is 1.78 bits per heavy atom. The predicted octanol–water partition coefficient (Wildman–Crippen LogP) is 0.485. The van der Waals surface area contributed by atoms with Gasteiger partial charge in [0, 0.05) is 34.8 Å². The van der Waals surface area contributed by atoms with E-state index in [9.17, 15) is 0 Å². The maximum absolute atomic E-state index is 4.89. The number of hydrogen-bond acceptors (Lipinski definition) is 3. The Hall–Kier alpha value is 0.310. The van der Waals surface area contributed by atoms with Crippen molar-refractivity contribution >= 4 is 8.22 Å². The second-order valence-corrected chi connectivity index (χ2v) is 3.80. The van der Waals surface area contributed by atoms with Gasteiger partial charge in [-0.25, -0.2) is 0 Å². The molecule has 1 fully saturated rings. The summed E-state index contributed by atoms with van der Waals surface area (Å²) < 4.78 is 4.89. The van der Waals surface area contributed by atoms with Crippen LogP contribution in [0.4, 0.5) is 0 Å². The number of nitrogens with one attached hydrogen (secondary N) is 2. The maximum Gasteiger partial charge on any atom is 0.0492 e. The lowest BCUT2D eigenvalue weighted by Crippen LogP contribution is -2.07. The van der Waals surface area contributed by atoms with E-state index < -0.39 is 0 Å². The molecule has 54 valence electrons. The van der Waals surface area contributed by atoms with Crippen molar-refractivity contribution < 1.29 is 4.74 Å². The van der Waals surface area contributed by atoms with Gasteiger partial charge in [-0.05, 0) is 6.42 Å². The molecule has 1 aliphatic heterocycles. The van der Waals surface area contributed by atoms with Crippen molar-refractivity contribution in [3.05, 3.63) is 0 Å². The lowest BCUT2D eigenvalue weighted by molar-refractivity contribution is 0.196. The molecule has 0 radical (unpaired) electrons. The minimum atomic E-state index is 0.0774. The smallest absolute Gasteiger partial charge is 0.0492 e. The zero-order valence-electron chi connectivity index (χ0n) is 5.68. The van der Waals surface area contributed by atoms with Gasteiger partial charge >= 0.3 is 0 Å². The second kappa shape index (κ2) is 4.18. The maximum atomic E-state index is 4.89. The zero-order valence-corrected chi connectivity index (χ0v) is 6.58. The second-order valence-electron chi connectivity index (χ2n) is 2.00.